The van der Waals surface area contributed by atoms with Gasteiger partial charge in [-0.1, -0.05) is 20.8 Å². The lowest BCUT2D eigenvalue weighted by Gasteiger charge is -2.13. The van der Waals surface area contributed by atoms with Gasteiger partial charge < -0.3 is 0 Å². The zero-order chi connectivity index (χ0) is 8.65. The molecule has 0 atom stereocenters. The number of nitrogens with zero attached hydrogens (tertiary/aromatic N) is 1. The molecule has 0 saturated carbocycles. The van der Waals surface area contributed by atoms with Crippen LogP contribution in [-0.4, -0.2) is 4.98 Å². The second-order valence-corrected chi connectivity index (χ2v) is 6.67. The summed E-state index contributed by atoms with van der Waals surface area (Å²) in [5, 5.41) is 1.19. The Morgan fingerprint density at radius 2 is 2.00 bits per heavy atom. The first-order valence-electron chi connectivity index (χ1n) is 3.23. The van der Waals surface area contributed by atoms with Crippen LogP contribution in [0.5, 0.6) is 0 Å². The van der Waals surface area contributed by atoms with Gasteiger partial charge in [-0.25, -0.2) is 4.98 Å². The maximum atomic E-state index is 4.44. The van der Waals surface area contributed by atoms with Gasteiger partial charge in [0.05, 0.1) is 0 Å². The van der Waals surface area contributed by atoms with Gasteiger partial charge in [-0.15, -0.1) is 11.3 Å². The molecule has 4 heteroatoms. The van der Waals surface area contributed by atoms with Gasteiger partial charge in [-0.2, -0.15) is 0 Å². The summed E-state index contributed by atoms with van der Waals surface area (Å²) in [5.41, 5.74) is 0.177. The molecule has 0 unspecified atom stereocenters. The highest BCUT2D eigenvalue weighted by Gasteiger charge is 2.19. The fourth-order valence-electron chi connectivity index (χ4n) is 0.604. The third-order valence-corrected chi connectivity index (χ3v) is 5.21. The molecule has 0 aromatic carbocycles. The van der Waals surface area contributed by atoms with Crippen LogP contribution in [0, 0.1) is 3.70 Å². The largest absolute Gasteiger partial charge is 0.233 e. The van der Waals surface area contributed by atoms with E-state index in [0.717, 1.165) is 7.49 Å². The molecule has 0 aliphatic carbocycles. The third kappa shape index (κ3) is 2.39. The molecule has 0 radical (unpaired) electrons. The molecule has 1 aromatic heterocycles. The lowest BCUT2D eigenvalue weighted by Crippen LogP contribution is -2.10. The van der Waals surface area contributed by atoms with E-state index >= 15 is 0 Å². The molecule has 0 amide bonds. The van der Waals surface area contributed by atoms with Gasteiger partial charge >= 0.3 is 0 Å². The lowest BCUT2D eigenvalue weighted by atomic mass is 9.98. The Bertz CT molecular complexity index is 244. The molecular formula is C7H9BrINS. The SMILES string of the molecule is CC(C)(C)c1nc(I)c(Br)s1. The van der Waals surface area contributed by atoms with Crippen molar-refractivity contribution in [2.24, 2.45) is 0 Å². The van der Waals surface area contributed by atoms with Gasteiger partial charge in [-0.05, 0) is 38.5 Å². The van der Waals surface area contributed by atoms with Crippen LogP contribution in [0.2, 0.25) is 0 Å². The Kier molecular flexibility index (Phi) is 2.98. The summed E-state index contributed by atoms with van der Waals surface area (Å²) in [5.74, 6) is 0. The van der Waals surface area contributed by atoms with Crippen LogP contribution in [-0.2, 0) is 5.41 Å². The topological polar surface area (TPSA) is 12.9 Å². The number of aromatic nitrogens is 1. The zero-order valence-corrected chi connectivity index (χ0v) is 11.2. The number of hydrogen-bond acceptors (Lipinski definition) is 2. The molecule has 1 heterocycles. The van der Waals surface area contributed by atoms with Crippen LogP contribution in [0.15, 0.2) is 3.79 Å². The minimum Gasteiger partial charge on any atom is -0.233 e. The summed E-state index contributed by atoms with van der Waals surface area (Å²) >= 11 is 7.41. The third-order valence-electron chi connectivity index (χ3n) is 1.19. The maximum Gasteiger partial charge on any atom is 0.126 e. The Morgan fingerprint density at radius 3 is 2.18 bits per heavy atom. The molecule has 0 aliphatic heterocycles. The minimum absolute atomic E-state index is 0.177. The summed E-state index contributed by atoms with van der Waals surface area (Å²) in [6.07, 6.45) is 0. The predicted octanol–water partition coefficient (Wildman–Crippen LogP) is 3.81. The molecule has 1 nitrogen and oxygen atoms in total. The molecule has 1 rings (SSSR count). The average molecular weight is 346 g/mol. The normalized spacial score (nSPS) is 12.1. The van der Waals surface area contributed by atoms with Crippen LogP contribution in [0.25, 0.3) is 0 Å². The van der Waals surface area contributed by atoms with Crippen LogP contribution < -0.4 is 0 Å². The van der Waals surface area contributed by atoms with Gasteiger partial charge in [0.15, 0.2) is 0 Å². The molecule has 62 valence electrons. The van der Waals surface area contributed by atoms with Gasteiger partial charge in [-0.3, -0.25) is 0 Å². The van der Waals surface area contributed by atoms with E-state index in [1.807, 2.05) is 0 Å². The molecule has 0 aliphatic rings. The van der Waals surface area contributed by atoms with E-state index in [4.69, 9.17) is 0 Å². The maximum absolute atomic E-state index is 4.44. The Labute approximate surface area is 92.9 Å². The highest BCUT2D eigenvalue weighted by Crippen LogP contribution is 2.33. The van der Waals surface area contributed by atoms with Crippen LogP contribution >= 0.6 is 49.9 Å². The fraction of sp³-hybridized carbons (Fsp3) is 0.571. The summed E-state index contributed by atoms with van der Waals surface area (Å²) in [7, 11) is 0. The van der Waals surface area contributed by atoms with Crippen molar-refractivity contribution in [3.05, 3.63) is 12.5 Å². The Morgan fingerprint density at radius 1 is 1.45 bits per heavy atom. The van der Waals surface area contributed by atoms with Crippen LogP contribution in [0.4, 0.5) is 0 Å². The first-order valence-corrected chi connectivity index (χ1v) is 5.92. The van der Waals surface area contributed by atoms with Crippen LogP contribution in [0.1, 0.15) is 25.8 Å². The van der Waals surface area contributed by atoms with Crippen molar-refractivity contribution in [2.45, 2.75) is 26.2 Å². The van der Waals surface area contributed by atoms with E-state index in [1.54, 1.807) is 11.3 Å². The van der Waals surface area contributed by atoms with E-state index in [9.17, 15) is 0 Å². The second kappa shape index (κ2) is 3.30. The molecule has 0 spiro atoms. The first kappa shape index (κ1) is 9.92. The minimum atomic E-state index is 0.177. The number of rotatable bonds is 0. The van der Waals surface area contributed by atoms with Gasteiger partial charge in [0.1, 0.15) is 12.5 Å². The van der Waals surface area contributed by atoms with Gasteiger partial charge in [0.2, 0.25) is 0 Å². The first-order chi connectivity index (χ1) is 4.91. The summed E-state index contributed by atoms with van der Waals surface area (Å²) < 4.78 is 2.21. The molecule has 0 fully saturated rings. The summed E-state index contributed by atoms with van der Waals surface area (Å²) in [4.78, 5) is 4.44. The average Bonchev–Trinajstić information content (AvgIpc) is 2.11. The Balaban J connectivity index is 3.08. The van der Waals surface area contributed by atoms with Crippen molar-refractivity contribution in [1.82, 2.24) is 4.98 Å². The van der Waals surface area contributed by atoms with Gasteiger partial charge in [0, 0.05) is 5.41 Å². The van der Waals surface area contributed by atoms with Crippen LogP contribution in [0.3, 0.4) is 0 Å². The fourth-order valence-corrected chi connectivity index (χ4v) is 2.63. The van der Waals surface area contributed by atoms with E-state index in [-0.39, 0.29) is 5.41 Å². The predicted molar refractivity (Wildman–Crippen MR) is 61.2 cm³/mol. The van der Waals surface area contributed by atoms with Crippen molar-refractivity contribution >= 4 is 49.9 Å². The molecule has 11 heavy (non-hydrogen) atoms. The smallest absolute Gasteiger partial charge is 0.126 e. The molecular weight excluding hydrogens is 337 g/mol. The van der Waals surface area contributed by atoms with Crippen molar-refractivity contribution in [1.29, 1.82) is 0 Å². The van der Waals surface area contributed by atoms with E-state index < -0.39 is 0 Å². The molecule has 0 bridgehead atoms. The Hall–Kier alpha value is 0.840. The summed E-state index contributed by atoms with van der Waals surface area (Å²) in [6.45, 7) is 6.52. The zero-order valence-electron chi connectivity index (χ0n) is 6.61. The van der Waals surface area contributed by atoms with Crippen molar-refractivity contribution < 1.29 is 0 Å². The quantitative estimate of drug-likeness (QED) is 0.651. The standard InChI is InChI=1S/C7H9BrINS/c1-7(2,3)6-10-5(9)4(8)11-6/h1-3H3. The van der Waals surface area contributed by atoms with Gasteiger partial charge in [0.25, 0.3) is 0 Å². The highest BCUT2D eigenvalue weighted by atomic mass is 127. The van der Waals surface area contributed by atoms with Crippen molar-refractivity contribution in [3.8, 4) is 0 Å². The lowest BCUT2D eigenvalue weighted by molar-refractivity contribution is 0.584. The second-order valence-electron chi connectivity index (χ2n) is 3.33. The number of halogens is 2. The molecule has 0 saturated heterocycles. The summed E-state index contributed by atoms with van der Waals surface area (Å²) in [6, 6.07) is 0. The highest BCUT2D eigenvalue weighted by molar-refractivity contribution is 14.1. The number of thiazole rings is 1. The van der Waals surface area contributed by atoms with Crippen molar-refractivity contribution in [3.63, 3.8) is 0 Å². The molecule has 1 aromatic rings. The van der Waals surface area contributed by atoms with Crippen molar-refractivity contribution in [2.75, 3.05) is 0 Å². The monoisotopic (exact) mass is 345 g/mol. The van der Waals surface area contributed by atoms with E-state index in [2.05, 4.69) is 64.3 Å². The van der Waals surface area contributed by atoms with E-state index in [0.29, 0.717) is 0 Å². The van der Waals surface area contributed by atoms with E-state index in [1.165, 1.54) is 5.01 Å². The number of hydrogen-bond donors (Lipinski definition) is 0. The molecule has 0 N–H and O–H groups in total.